The molecule has 4 rings (SSSR count). The summed E-state index contributed by atoms with van der Waals surface area (Å²) >= 11 is 1.38. The average Bonchev–Trinajstić information content (AvgIpc) is 3.13. The van der Waals surface area contributed by atoms with Crippen LogP contribution in [-0.2, 0) is 26.1 Å². The van der Waals surface area contributed by atoms with Crippen LogP contribution >= 0.6 is 11.8 Å². The van der Waals surface area contributed by atoms with Gasteiger partial charge in [0.15, 0.2) is 12.4 Å². The molecule has 2 saturated heterocycles. The molecule has 0 spiro atoms. The van der Waals surface area contributed by atoms with Gasteiger partial charge in [0.2, 0.25) is 12.7 Å². The fourth-order valence-electron chi connectivity index (χ4n) is 4.43. The number of amides is 2. The summed E-state index contributed by atoms with van der Waals surface area (Å²) < 4.78 is 21.8. The number of carbonyl (C=O) groups is 4. The zero-order valence-electron chi connectivity index (χ0n) is 21.0. The molecule has 1 aromatic heterocycles. The van der Waals surface area contributed by atoms with Gasteiger partial charge in [-0.15, -0.1) is 11.8 Å². The van der Waals surface area contributed by atoms with Crippen molar-refractivity contribution >= 4 is 35.5 Å². The number of β-lactam (4-membered cyclic amide) rings is 1. The predicted octanol–water partition coefficient (Wildman–Crippen LogP) is 1.05. The molecule has 12 heteroatoms. The zero-order chi connectivity index (χ0) is 26.9. The second-order valence-electron chi connectivity index (χ2n) is 9.02. The quantitative estimate of drug-likeness (QED) is 0.231. The van der Waals surface area contributed by atoms with Crippen molar-refractivity contribution in [3.05, 3.63) is 53.9 Å². The number of ether oxygens (including phenoxy) is 4. The van der Waals surface area contributed by atoms with E-state index in [4.69, 9.17) is 18.9 Å². The largest absolute Gasteiger partial charge is 0.496 e. The highest BCUT2D eigenvalue weighted by Gasteiger charge is 2.64. The first-order valence-corrected chi connectivity index (χ1v) is 12.3. The summed E-state index contributed by atoms with van der Waals surface area (Å²) in [7, 11) is 4.63. The average molecular weight is 531 g/mol. The lowest BCUT2D eigenvalue weighted by molar-refractivity contribution is -0.671. The Morgan fingerprint density at radius 3 is 2.38 bits per heavy atom. The fourth-order valence-corrected chi connectivity index (χ4v) is 6.05. The number of pyridine rings is 1. The molecule has 1 aromatic carbocycles. The van der Waals surface area contributed by atoms with Crippen molar-refractivity contribution in [2.45, 2.75) is 36.1 Å². The van der Waals surface area contributed by atoms with Gasteiger partial charge >= 0.3 is 11.9 Å². The molecule has 0 bridgehead atoms. The van der Waals surface area contributed by atoms with Crippen molar-refractivity contribution in [2.24, 2.45) is 7.05 Å². The lowest BCUT2D eigenvalue weighted by Crippen LogP contribution is -2.70. The van der Waals surface area contributed by atoms with Crippen LogP contribution in [0.1, 0.15) is 34.6 Å². The normalized spacial score (nSPS) is 21.4. The van der Waals surface area contributed by atoms with E-state index in [0.717, 1.165) is 0 Å². The van der Waals surface area contributed by atoms with Gasteiger partial charge in [-0.25, -0.2) is 14.2 Å². The lowest BCUT2D eigenvalue weighted by atomic mass is 9.95. The molecule has 0 unspecified atom stereocenters. The molecule has 2 fully saturated rings. The Labute approximate surface area is 218 Å². The molecule has 2 aliphatic rings. The minimum Gasteiger partial charge on any atom is -0.496 e. The molecule has 0 saturated carbocycles. The number of rotatable bonds is 8. The standard InChI is InChI=1S/C25H27N3O8S/c1-25(2)19(24(32)36-13-35-23(31)14-8-7-11-27(3)12-14)28-21(30)18(22(28)37-25)26-20(29)17-15(33-4)9-6-10-16(17)34-5/h6-12,18-19,22H,13H2,1-5H3/p+1/t18-,19+,22-/m0/s1. The van der Waals surface area contributed by atoms with Gasteiger partial charge in [0.1, 0.15) is 47.1 Å². The van der Waals surface area contributed by atoms with Crippen molar-refractivity contribution in [1.29, 1.82) is 0 Å². The first kappa shape index (κ1) is 26.3. The number of carbonyl (C=O) groups excluding carboxylic acids is 4. The van der Waals surface area contributed by atoms with E-state index in [0.29, 0.717) is 17.1 Å². The second-order valence-corrected chi connectivity index (χ2v) is 10.8. The predicted molar refractivity (Wildman–Crippen MR) is 131 cm³/mol. The van der Waals surface area contributed by atoms with Crippen molar-refractivity contribution in [3.8, 4) is 11.5 Å². The van der Waals surface area contributed by atoms with Gasteiger partial charge in [0, 0.05) is 10.8 Å². The Morgan fingerprint density at radius 1 is 1.08 bits per heavy atom. The Hall–Kier alpha value is -3.80. The summed E-state index contributed by atoms with van der Waals surface area (Å²) in [5.41, 5.74) is 0.479. The molecule has 0 aliphatic carbocycles. The van der Waals surface area contributed by atoms with Crippen LogP contribution in [0, 0.1) is 0 Å². The summed E-state index contributed by atoms with van der Waals surface area (Å²) in [4.78, 5) is 52.7. The number of methoxy groups -OCH3 is 2. The number of hydrogen-bond donors (Lipinski definition) is 1. The Morgan fingerprint density at radius 2 is 1.76 bits per heavy atom. The number of benzene rings is 1. The molecule has 2 amide bonds. The van der Waals surface area contributed by atoms with Gasteiger partial charge in [-0.3, -0.25) is 9.59 Å². The Kier molecular flexibility index (Phi) is 7.30. The number of fused-ring (bicyclic) bond motifs is 1. The first-order chi connectivity index (χ1) is 17.6. The van der Waals surface area contributed by atoms with Crippen LogP contribution in [0.2, 0.25) is 0 Å². The van der Waals surface area contributed by atoms with E-state index in [1.165, 1.54) is 30.9 Å². The van der Waals surface area contributed by atoms with Gasteiger partial charge in [-0.2, -0.15) is 0 Å². The van der Waals surface area contributed by atoms with Gasteiger partial charge in [0.25, 0.3) is 5.91 Å². The molecule has 3 heterocycles. The molecule has 1 N–H and O–H groups in total. The molecule has 0 radical (unpaired) electrons. The fraction of sp³-hybridized carbons (Fsp3) is 0.400. The Balaban J connectivity index is 1.40. The van der Waals surface area contributed by atoms with Crippen LogP contribution in [0.3, 0.4) is 0 Å². The minimum absolute atomic E-state index is 0.172. The third-order valence-corrected chi connectivity index (χ3v) is 7.74. The molecule has 11 nitrogen and oxygen atoms in total. The van der Waals surface area contributed by atoms with Crippen LogP contribution in [0.15, 0.2) is 42.7 Å². The van der Waals surface area contributed by atoms with Crippen LogP contribution in [0.5, 0.6) is 11.5 Å². The number of esters is 2. The van der Waals surface area contributed by atoms with Gasteiger partial charge in [-0.1, -0.05) is 6.07 Å². The summed E-state index contributed by atoms with van der Waals surface area (Å²) in [6.45, 7) is 3.04. The highest BCUT2D eigenvalue weighted by Crippen LogP contribution is 2.51. The number of thioether (sulfide) groups is 1. The summed E-state index contributed by atoms with van der Waals surface area (Å²) in [6, 6.07) is 6.44. The number of nitrogens with zero attached hydrogens (tertiary/aromatic N) is 2. The number of aromatic nitrogens is 1. The SMILES string of the molecule is COc1cccc(OC)c1C(=O)N[C@H]1C(=O)N2[C@H]1SC(C)(C)[C@H]2C(=O)OCOC(=O)c1ccc[n+](C)c1. The monoisotopic (exact) mass is 530 g/mol. The van der Waals surface area contributed by atoms with Crippen LogP contribution in [0.25, 0.3) is 0 Å². The molecule has 3 atom stereocenters. The molecule has 196 valence electrons. The van der Waals surface area contributed by atoms with E-state index >= 15 is 0 Å². The number of hydrogen-bond acceptors (Lipinski definition) is 9. The highest BCUT2D eigenvalue weighted by molar-refractivity contribution is 8.01. The van der Waals surface area contributed by atoms with Gasteiger partial charge in [-0.05, 0) is 32.0 Å². The summed E-state index contributed by atoms with van der Waals surface area (Å²) in [6.07, 6.45) is 3.35. The summed E-state index contributed by atoms with van der Waals surface area (Å²) in [5.74, 6) is -1.67. The first-order valence-electron chi connectivity index (χ1n) is 11.4. The van der Waals surface area contributed by atoms with Gasteiger partial charge in [0.05, 0.1) is 14.2 Å². The van der Waals surface area contributed by atoms with Crippen molar-refractivity contribution in [2.75, 3.05) is 21.0 Å². The van der Waals surface area contributed by atoms with E-state index in [1.807, 2.05) is 13.8 Å². The third-order valence-electron chi connectivity index (χ3n) is 6.17. The van der Waals surface area contributed by atoms with Crippen LogP contribution in [0.4, 0.5) is 0 Å². The minimum atomic E-state index is -0.919. The maximum atomic E-state index is 13.1. The third kappa shape index (κ3) is 4.93. The smallest absolute Gasteiger partial charge is 0.347 e. The van der Waals surface area contributed by atoms with E-state index in [1.54, 1.807) is 54.3 Å². The molecule has 2 aromatic rings. The lowest BCUT2D eigenvalue weighted by Gasteiger charge is -2.43. The molecule has 2 aliphatic heterocycles. The maximum Gasteiger partial charge on any atom is 0.347 e. The topological polar surface area (TPSA) is 124 Å². The van der Waals surface area contributed by atoms with Gasteiger partial charge < -0.3 is 29.2 Å². The molecular weight excluding hydrogens is 502 g/mol. The van der Waals surface area contributed by atoms with E-state index < -0.39 is 52.8 Å². The van der Waals surface area contributed by atoms with Crippen molar-refractivity contribution in [1.82, 2.24) is 10.2 Å². The number of aryl methyl sites for hydroxylation is 1. The number of nitrogens with one attached hydrogen (secondary N) is 1. The van der Waals surface area contributed by atoms with Crippen LogP contribution < -0.4 is 19.4 Å². The molecular formula is C25H28N3O8S+. The van der Waals surface area contributed by atoms with Crippen molar-refractivity contribution in [3.63, 3.8) is 0 Å². The molecule has 37 heavy (non-hydrogen) atoms. The second kappa shape index (κ2) is 10.3. The highest BCUT2D eigenvalue weighted by atomic mass is 32.2. The zero-order valence-corrected chi connectivity index (χ0v) is 21.9. The van der Waals surface area contributed by atoms with E-state index in [-0.39, 0.29) is 5.56 Å². The van der Waals surface area contributed by atoms with E-state index in [9.17, 15) is 19.2 Å². The van der Waals surface area contributed by atoms with E-state index in [2.05, 4.69) is 5.32 Å². The maximum absolute atomic E-state index is 13.1. The van der Waals surface area contributed by atoms with Crippen LogP contribution in [-0.4, -0.2) is 71.9 Å². The van der Waals surface area contributed by atoms with Crippen molar-refractivity contribution < 1.29 is 42.7 Å². The summed E-state index contributed by atoms with van der Waals surface area (Å²) in [5, 5.41) is 2.27. The Bertz CT molecular complexity index is 1230.